The van der Waals surface area contributed by atoms with Gasteiger partial charge >= 0.3 is 6.18 Å². The molecule has 0 spiro atoms. The molecule has 0 radical (unpaired) electrons. The third-order valence-electron chi connectivity index (χ3n) is 2.95. The molecule has 0 atom stereocenters. The van der Waals surface area contributed by atoms with Gasteiger partial charge in [-0.05, 0) is 38.3 Å². The molecule has 0 N–H and O–H groups in total. The molecule has 0 aromatic rings. The smallest absolute Gasteiger partial charge is 0.372 e. The average Bonchev–Trinajstić information content (AvgIpc) is 2.89. The van der Waals surface area contributed by atoms with Crippen molar-refractivity contribution in [2.75, 3.05) is 13.1 Å². The normalized spacial score (nSPS) is 17.1. The monoisotopic (exact) mass is 275 g/mol. The summed E-state index contributed by atoms with van der Waals surface area (Å²) in [4.78, 5) is 2.04. The second-order valence-electron chi connectivity index (χ2n) is 4.21. The molecule has 110 valence electrons. The van der Waals surface area contributed by atoms with Gasteiger partial charge in [-0.1, -0.05) is 26.5 Å². The molecule has 1 heterocycles. The molecule has 0 unspecified atom stereocenters. The van der Waals surface area contributed by atoms with Crippen LogP contribution in [0, 0.1) is 0 Å². The predicted molar refractivity (Wildman–Crippen MR) is 74.9 cm³/mol. The SMILES string of the molecule is C=C(/C(C)=C\C(=C/C)C(F)(F)F)N1CCCC1.CC. The van der Waals surface area contributed by atoms with Crippen molar-refractivity contribution in [3.05, 3.63) is 35.6 Å². The van der Waals surface area contributed by atoms with Crippen LogP contribution in [0.3, 0.4) is 0 Å². The van der Waals surface area contributed by atoms with E-state index in [2.05, 4.69) is 6.58 Å². The highest BCUT2D eigenvalue weighted by atomic mass is 19.4. The highest BCUT2D eigenvalue weighted by molar-refractivity contribution is 5.35. The Labute approximate surface area is 114 Å². The van der Waals surface area contributed by atoms with Crippen LogP contribution in [0.4, 0.5) is 13.2 Å². The van der Waals surface area contributed by atoms with Crippen LogP contribution in [-0.2, 0) is 0 Å². The molecular weight excluding hydrogens is 251 g/mol. The fourth-order valence-corrected chi connectivity index (χ4v) is 1.88. The van der Waals surface area contributed by atoms with Gasteiger partial charge in [0.15, 0.2) is 0 Å². The molecule has 0 amide bonds. The topological polar surface area (TPSA) is 3.24 Å². The zero-order valence-electron chi connectivity index (χ0n) is 12.3. The number of allylic oxidation sites excluding steroid dienone is 4. The summed E-state index contributed by atoms with van der Waals surface area (Å²) in [5, 5.41) is 0. The summed E-state index contributed by atoms with van der Waals surface area (Å²) in [6.45, 7) is 12.7. The Hall–Kier alpha value is -1.19. The lowest BCUT2D eigenvalue weighted by atomic mass is 10.1. The van der Waals surface area contributed by atoms with Gasteiger partial charge in [-0.3, -0.25) is 0 Å². The summed E-state index contributed by atoms with van der Waals surface area (Å²) in [5.41, 5.74) is 0.666. The third kappa shape index (κ3) is 5.53. The quantitative estimate of drug-likeness (QED) is 0.649. The van der Waals surface area contributed by atoms with Crippen LogP contribution >= 0.6 is 0 Å². The molecule has 1 aliphatic rings. The van der Waals surface area contributed by atoms with Crippen molar-refractivity contribution >= 4 is 0 Å². The van der Waals surface area contributed by atoms with Gasteiger partial charge in [-0.25, -0.2) is 0 Å². The van der Waals surface area contributed by atoms with Gasteiger partial charge in [0.2, 0.25) is 0 Å². The van der Waals surface area contributed by atoms with Crippen LogP contribution in [0.25, 0.3) is 0 Å². The van der Waals surface area contributed by atoms with Crippen molar-refractivity contribution in [1.29, 1.82) is 0 Å². The third-order valence-corrected chi connectivity index (χ3v) is 2.95. The Morgan fingerprint density at radius 2 is 1.63 bits per heavy atom. The molecule has 1 nitrogen and oxygen atoms in total. The van der Waals surface area contributed by atoms with Gasteiger partial charge in [-0.2, -0.15) is 13.2 Å². The predicted octanol–water partition coefficient (Wildman–Crippen LogP) is 5.08. The van der Waals surface area contributed by atoms with Crippen LogP contribution in [0.1, 0.15) is 40.5 Å². The molecule has 1 rings (SSSR count). The van der Waals surface area contributed by atoms with Crippen molar-refractivity contribution in [2.45, 2.75) is 46.7 Å². The first kappa shape index (κ1) is 17.8. The Morgan fingerprint density at radius 1 is 1.16 bits per heavy atom. The first-order chi connectivity index (χ1) is 8.86. The number of nitrogens with zero attached hydrogens (tertiary/aromatic N) is 1. The van der Waals surface area contributed by atoms with Crippen LogP contribution < -0.4 is 0 Å². The van der Waals surface area contributed by atoms with E-state index in [9.17, 15) is 13.2 Å². The summed E-state index contributed by atoms with van der Waals surface area (Å²) in [6, 6.07) is 0. The van der Waals surface area contributed by atoms with E-state index in [4.69, 9.17) is 0 Å². The van der Waals surface area contributed by atoms with Gasteiger partial charge in [0.1, 0.15) is 0 Å². The molecule has 19 heavy (non-hydrogen) atoms. The maximum atomic E-state index is 12.6. The minimum atomic E-state index is -4.29. The summed E-state index contributed by atoms with van der Waals surface area (Å²) in [5.74, 6) is 0. The lowest BCUT2D eigenvalue weighted by Crippen LogP contribution is -2.19. The van der Waals surface area contributed by atoms with E-state index in [1.54, 1.807) is 6.92 Å². The Morgan fingerprint density at radius 3 is 2.00 bits per heavy atom. The Bertz CT molecular complexity index is 345. The lowest BCUT2D eigenvalue weighted by molar-refractivity contribution is -0.0883. The second-order valence-corrected chi connectivity index (χ2v) is 4.21. The number of halogens is 3. The zero-order valence-corrected chi connectivity index (χ0v) is 12.3. The maximum absolute atomic E-state index is 12.6. The molecule has 4 heteroatoms. The van der Waals surface area contributed by atoms with Crippen LogP contribution in [0.2, 0.25) is 0 Å². The minimum Gasteiger partial charge on any atom is -0.372 e. The van der Waals surface area contributed by atoms with E-state index < -0.39 is 11.7 Å². The molecule has 1 fully saturated rings. The summed E-state index contributed by atoms with van der Waals surface area (Å²) in [6.07, 6.45) is 0.132. The summed E-state index contributed by atoms with van der Waals surface area (Å²) in [7, 11) is 0. The van der Waals surface area contributed by atoms with E-state index in [-0.39, 0.29) is 0 Å². The molecular formula is C15H24F3N. The Balaban J connectivity index is 0.00000154. The van der Waals surface area contributed by atoms with E-state index in [0.717, 1.165) is 32.0 Å². The highest BCUT2D eigenvalue weighted by Crippen LogP contribution is 2.29. The standard InChI is InChI=1S/C13H18F3N.C2H6/c1-4-12(13(14,15)16)9-10(2)11(3)17-7-5-6-8-17;1-2/h4,9H,3,5-8H2,1-2H3;1-2H3/b10-9-,12-4+;. The first-order valence-corrected chi connectivity index (χ1v) is 6.72. The van der Waals surface area contributed by atoms with Crippen molar-refractivity contribution in [2.24, 2.45) is 0 Å². The fourth-order valence-electron chi connectivity index (χ4n) is 1.88. The van der Waals surface area contributed by atoms with Gasteiger partial charge in [0.05, 0.1) is 5.57 Å². The second kappa shape index (κ2) is 8.08. The van der Waals surface area contributed by atoms with Crippen molar-refractivity contribution in [1.82, 2.24) is 4.90 Å². The fraction of sp³-hybridized carbons (Fsp3) is 0.600. The number of hydrogen-bond acceptors (Lipinski definition) is 1. The molecule has 1 saturated heterocycles. The number of hydrogen-bond donors (Lipinski definition) is 0. The zero-order chi connectivity index (χ0) is 15.1. The highest BCUT2D eigenvalue weighted by Gasteiger charge is 2.31. The molecule has 0 aromatic heterocycles. The summed E-state index contributed by atoms with van der Waals surface area (Å²) >= 11 is 0. The Kier molecular flexibility index (Phi) is 7.57. The van der Waals surface area contributed by atoms with Gasteiger partial charge < -0.3 is 4.90 Å². The van der Waals surface area contributed by atoms with Gasteiger partial charge in [0.25, 0.3) is 0 Å². The lowest BCUT2D eigenvalue weighted by Gasteiger charge is -2.21. The van der Waals surface area contributed by atoms with E-state index in [0.29, 0.717) is 11.3 Å². The van der Waals surface area contributed by atoms with E-state index in [1.807, 2.05) is 18.7 Å². The molecule has 1 aliphatic heterocycles. The van der Waals surface area contributed by atoms with Crippen LogP contribution in [0.15, 0.2) is 35.6 Å². The summed E-state index contributed by atoms with van der Waals surface area (Å²) < 4.78 is 37.7. The van der Waals surface area contributed by atoms with Gasteiger partial charge in [0, 0.05) is 18.8 Å². The number of likely N-dealkylation sites (tertiary alicyclic amines) is 1. The number of alkyl halides is 3. The minimum absolute atomic E-state index is 0.581. The van der Waals surface area contributed by atoms with Crippen LogP contribution in [0.5, 0.6) is 0 Å². The van der Waals surface area contributed by atoms with Crippen LogP contribution in [-0.4, -0.2) is 24.2 Å². The van der Waals surface area contributed by atoms with Crippen molar-refractivity contribution in [3.8, 4) is 0 Å². The van der Waals surface area contributed by atoms with Crippen molar-refractivity contribution < 1.29 is 13.2 Å². The molecule has 0 aromatic carbocycles. The molecule has 0 bridgehead atoms. The van der Waals surface area contributed by atoms with Gasteiger partial charge in [-0.15, -0.1) is 0 Å². The van der Waals surface area contributed by atoms with Crippen molar-refractivity contribution in [3.63, 3.8) is 0 Å². The first-order valence-electron chi connectivity index (χ1n) is 6.72. The van der Waals surface area contributed by atoms with E-state index in [1.165, 1.54) is 13.0 Å². The average molecular weight is 275 g/mol. The number of rotatable bonds is 3. The largest absolute Gasteiger partial charge is 0.416 e. The maximum Gasteiger partial charge on any atom is 0.416 e. The van der Waals surface area contributed by atoms with E-state index >= 15 is 0 Å². The molecule has 0 aliphatic carbocycles. The molecule has 0 saturated carbocycles.